The molecular weight excluding hydrogens is 380 g/mol. The Morgan fingerprint density at radius 2 is 1.77 bits per heavy atom. The zero-order valence-electron chi connectivity index (χ0n) is 17.4. The van der Waals surface area contributed by atoms with Gasteiger partial charge in [0.25, 0.3) is 0 Å². The van der Waals surface area contributed by atoms with Crippen LogP contribution in [0.3, 0.4) is 0 Å². The number of amides is 1. The van der Waals surface area contributed by atoms with E-state index in [4.69, 9.17) is 14.2 Å². The highest BCUT2D eigenvalue weighted by molar-refractivity contribution is 5.92. The minimum atomic E-state index is -0.108. The number of ether oxygens (including phenoxy) is 3. The van der Waals surface area contributed by atoms with Gasteiger partial charge in [-0.3, -0.25) is 4.79 Å². The fourth-order valence-corrected chi connectivity index (χ4v) is 3.76. The highest BCUT2D eigenvalue weighted by atomic mass is 16.6. The molecule has 2 aromatic rings. The molecule has 6 heteroatoms. The molecule has 1 atom stereocenters. The molecule has 2 N–H and O–H groups in total. The van der Waals surface area contributed by atoms with E-state index in [-0.39, 0.29) is 11.9 Å². The Balaban J connectivity index is 1.44. The van der Waals surface area contributed by atoms with E-state index in [9.17, 15) is 4.79 Å². The summed E-state index contributed by atoms with van der Waals surface area (Å²) >= 11 is 0. The maximum absolute atomic E-state index is 12.7. The molecule has 0 aromatic heterocycles. The fourth-order valence-electron chi connectivity index (χ4n) is 3.76. The van der Waals surface area contributed by atoms with E-state index >= 15 is 0 Å². The molecule has 0 bridgehead atoms. The number of fused-ring (bicyclic) bond motifs is 1. The van der Waals surface area contributed by atoms with Gasteiger partial charge in [0.2, 0.25) is 5.91 Å². The molecule has 1 fully saturated rings. The largest absolute Gasteiger partial charge is 0.486 e. The van der Waals surface area contributed by atoms with Gasteiger partial charge in [-0.1, -0.05) is 35.9 Å². The van der Waals surface area contributed by atoms with Crippen LogP contribution in [0.2, 0.25) is 0 Å². The number of quaternary nitrogens is 1. The van der Waals surface area contributed by atoms with Crippen molar-refractivity contribution in [2.24, 2.45) is 0 Å². The molecule has 1 amide bonds. The third kappa shape index (κ3) is 5.40. The first-order chi connectivity index (χ1) is 14.7. The maximum atomic E-state index is 12.7. The summed E-state index contributed by atoms with van der Waals surface area (Å²) in [7, 11) is 0. The minimum Gasteiger partial charge on any atom is -0.486 e. The average Bonchev–Trinajstić information content (AvgIpc) is 2.78. The van der Waals surface area contributed by atoms with Gasteiger partial charge in [0.1, 0.15) is 38.9 Å². The molecule has 0 saturated carbocycles. The third-order valence-corrected chi connectivity index (χ3v) is 5.48. The van der Waals surface area contributed by atoms with Crippen molar-refractivity contribution in [3.63, 3.8) is 0 Å². The van der Waals surface area contributed by atoms with Crippen LogP contribution in [-0.2, 0) is 9.53 Å². The van der Waals surface area contributed by atoms with Gasteiger partial charge in [0.15, 0.2) is 11.5 Å². The van der Waals surface area contributed by atoms with Gasteiger partial charge in [-0.2, -0.15) is 0 Å². The predicted molar refractivity (Wildman–Crippen MR) is 115 cm³/mol. The lowest BCUT2D eigenvalue weighted by molar-refractivity contribution is -0.909. The van der Waals surface area contributed by atoms with Crippen LogP contribution in [0.5, 0.6) is 11.5 Å². The second-order valence-electron chi connectivity index (χ2n) is 7.77. The van der Waals surface area contributed by atoms with E-state index < -0.39 is 0 Å². The number of nitrogens with one attached hydrogen (secondary N) is 2. The molecule has 2 aliphatic rings. The smallest absolute Gasteiger partial charge is 0.244 e. The second-order valence-corrected chi connectivity index (χ2v) is 7.77. The van der Waals surface area contributed by atoms with E-state index in [0.29, 0.717) is 13.2 Å². The molecule has 1 saturated heterocycles. The van der Waals surface area contributed by atoms with Gasteiger partial charge >= 0.3 is 0 Å². The van der Waals surface area contributed by atoms with Crippen LogP contribution in [0.1, 0.15) is 22.7 Å². The number of hydrogen-bond acceptors (Lipinski definition) is 4. The van der Waals surface area contributed by atoms with Crippen molar-refractivity contribution >= 4 is 12.0 Å². The van der Waals surface area contributed by atoms with Crippen molar-refractivity contribution < 1.29 is 23.9 Å². The van der Waals surface area contributed by atoms with E-state index in [1.54, 1.807) is 12.2 Å². The summed E-state index contributed by atoms with van der Waals surface area (Å²) in [6.45, 7) is 7.49. The number of aryl methyl sites for hydroxylation is 1. The van der Waals surface area contributed by atoms with Gasteiger partial charge in [0, 0.05) is 6.08 Å². The molecule has 0 spiro atoms. The summed E-state index contributed by atoms with van der Waals surface area (Å²) < 4.78 is 16.6. The molecule has 4 rings (SSSR count). The predicted octanol–water partition coefficient (Wildman–Crippen LogP) is 1.55. The molecule has 0 unspecified atom stereocenters. The van der Waals surface area contributed by atoms with Crippen molar-refractivity contribution in [2.45, 2.75) is 13.0 Å². The number of morpholine rings is 1. The molecule has 0 aliphatic carbocycles. The average molecular weight is 410 g/mol. The Morgan fingerprint density at radius 3 is 2.53 bits per heavy atom. The Morgan fingerprint density at radius 1 is 1.03 bits per heavy atom. The lowest BCUT2D eigenvalue weighted by Crippen LogP contribution is -3.14. The summed E-state index contributed by atoms with van der Waals surface area (Å²) in [5.74, 6) is 1.36. The van der Waals surface area contributed by atoms with E-state index in [1.165, 1.54) is 10.5 Å². The number of carbonyl (C=O) groups excluding carboxylic acids is 1. The van der Waals surface area contributed by atoms with Gasteiger partial charge < -0.3 is 24.4 Å². The van der Waals surface area contributed by atoms with Crippen molar-refractivity contribution in [2.75, 3.05) is 46.1 Å². The molecule has 2 aliphatic heterocycles. The highest BCUT2D eigenvalue weighted by Gasteiger charge is 2.22. The Labute approximate surface area is 177 Å². The maximum Gasteiger partial charge on any atom is 0.244 e. The van der Waals surface area contributed by atoms with Crippen molar-refractivity contribution in [1.29, 1.82) is 0 Å². The molecule has 158 valence electrons. The van der Waals surface area contributed by atoms with Crippen molar-refractivity contribution in [3.8, 4) is 11.5 Å². The highest BCUT2D eigenvalue weighted by Crippen LogP contribution is 2.31. The molecule has 0 radical (unpaired) electrons. The van der Waals surface area contributed by atoms with Gasteiger partial charge in [-0.15, -0.1) is 0 Å². The first-order valence-corrected chi connectivity index (χ1v) is 10.5. The van der Waals surface area contributed by atoms with E-state index in [0.717, 1.165) is 55.5 Å². The summed E-state index contributed by atoms with van der Waals surface area (Å²) in [4.78, 5) is 14.2. The lowest BCUT2D eigenvalue weighted by Gasteiger charge is -2.28. The number of rotatable bonds is 6. The topological polar surface area (TPSA) is 61.2 Å². The quantitative estimate of drug-likeness (QED) is 0.711. The number of benzene rings is 2. The minimum absolute atomic E-state index is 0.0453. The summed E-state index contributed by atoms with van der Waals surface area (Å²) in [6.07, 6.45) is 3.39. The normalized spacial score (nSPS) is 17.6. The van der Waals surface area contributed by atoms with Crippen LogP contribution in [0, 0.1) is 6.92 Å². The van der Waals surface area contributed by atoms with E-state index in [2.05, 4.69) is 36.5 Å². The zero-order chi connectivity index (χ0) is 20.8. The summed E-state index contributed by atoms with van der Waals surface area (Å²) in [5, 5.41) is 3.19. The Bertz CT molecular complexity index is 889. The van der Waals surface area contributed by atoms with Crippen LogP contribution < -0.4 is 19.7 Å². The molecule has 2 heterocycles. The van der Waals surface area contributed by atoms with Gasteiger partial charge in [-0.05, 0) is 36.3 Å². The zero-order valence-corrected chi connectivity index (χ0v) is 17.4. The molecule has 6 nitrogen and oxygen atoms in total. The Hall–Kier alpha value is -2.83. The van der Waals surface area contributed by atoms with Crippen LogP contribution in [0.25, 0.3) is 6.08 Å². The number of hydrogen-bond donors (Lipinski definition) is 2. The second kappa shape index (κ2) is 9.78. The van der Waals surface area contributed by atoms with Crippen molar-refractivity contribution in [3.05, 3.63) is 65.2 Å². The Kier molecular flexibility index (Phi) is 6.67. The molecule has 2 aromatic carbocycles. The van der Waals surface area contributed by atoms with E-state index in [1.807, 2.05) is 18.2 Å². The van der Waals surface area contributed by atoms with Gasteiger partial charge in [0.05, 0.1) is 13.2 Å². The van der Waals surface area contributed by atoms with Crippen LogP contribution in [0.4, 0.5) is 0 Å². The van der Waals surface area contributed by atoms with Crippen molar-refractivity contribution in [1.82, 2.24) is 5.32 Å². The summed E-state index contributed by atoms with van der Waals surface area (Å²) in [5.41, 5.74) is 3.24. The first-order valence-electron chi connectivity index (χ1n) is 10.5. The third-order valence-electron chi connectivity index (χ3n) is 5.48. The van der Waals surface area contributed by atoms with Crippen LogP contribution in [-0.4, -0.2) is 52.0 Å². The monoisotopic (exact) mass is 409 g/mol. The molecule has 30 heavy (non-hydrogen) atoms. The lowest BCUT2D eigenvalue weighted by atomic mass is 10.0. The SMILES string of the molecule is Cc1ccc([C@H](C[NH+]2CCOCC2)NC(=O)/C=C/c2ccc3c(c2)OCCO3)cc1. The summed E-state index contributed by atoms with van der Waals surface area (Å²) in [6, 6.07) is 14.0. The van der Waals surface area contributed by atoms with Crippen LogP contribution in [0.15, 0.2) is 48.5 Å². The van der Waals surface area contributed by atoms with Gasteiger partial charge in [-0.25, -0.2) is 0 Å². The standard InChI is InChI=1S/C24H28N2O4/c1-18-2-6-20(7-3-18)21(17-26-10-12-28-13-11-26)25-24(27)9-5-19-4-8-22-23(16-19)30-15-14-29-22/h2-9,16,21H,10-15,17H2,1H3,(H,25,27)/p+1/b9-5+/t21-/m0/s1. The van der Waals surface area contributed by atoms with Crippen LogP contribution >= 0.6 is 0 Å². The fraction of sp³-hybridized carbons (Fsp3) is 0.375. The molecular formula is C24H29N2O4+. The number of carbonyl (C=O) groups is 1. The first kappa shape index (κ1) is 20.4.